The van der Waals surface area contributed by atoms with Crippen molar-refractivity contribution in [3.05, 3.63) is 64.4 Å². The number of amides is 1. The Morgan fingerprint density at radius 2 is 2.14 bits per heavy atom. The highest BCUT2D eigenvalue weighted by Crippen LogP contribution is 2.38. The summed E-state index contributed by atoms with van der Waals surface area (Å²) in [7, 11) is 0. The molecular weight excluding hydrogens is 390 g/mol. The van der Waals surface area contributed by atoms with Gasteiger partial charge < -0.3 is 14.6 Å². The molecule has 0 aromatic carbocycles. The lowest BCUT2D eigenvalue weighted by molar-refractivity contribution is 0.0950. The van der Waals surface area contributed by atoms with Crippen molar-refractivity contribution < 1.29 is 9.53 Å². The predicted molar refractivity (Wildman–Crippen MR) is 115 cm³/mol. The van der Waals surface area contributed by atoms with Crippen molar-refractivity contribution in [3.8, 4) is 10.9 Å². The van der Waals surface area contributed by atoms with E-state index in [0.717, 1.165) is 34.1 Å². The number of hydrogen-bond donors (Lipinski definition) is 1. The van der Waals surface area contributed by atoms with Crippen molar-refractivity contribution in [1.82, 2.24) is 14.9 Å². The van der Waals surface area contributed by atoms with E-state index in [1.165, 1.54) is 10.4 Å². The van der Waals surface area contributed by atoms with E-state index in [-0.39, 0.29) is 12.0 Å². The Morgan fingerprint density at radius 3 is 2.86 bits per heavy atom. The Labute approximate surface area is 173 Å². The fourth-order valence-corrected chi connectivity index (χ4v) is 5.65. The molecule has 146 valence electrons. The Morgan fingerprint density at radius 1 is 1.32 bits per heavy atom. The molecule has 1 amide bonds. The van der Waals surface area contributed by atoms with Crippen molar-refractivity contribution in [1.29, 1.82) is 0 Å². The van der Waals surface area contributed by atoms with Gasteiger partial charge in [-0.05, 0) is 49.3 Å². The van der Waals surface area contributed by atoms with Crippen molar-refractivity contribution in [2.45, 2.75) is 38.7 Å². The predicted octanol–water partition coefficient (Wildman–Crippen LogP) is 4.44. The molecule has 7 heteroatoms. The van der Waals surface area contributed by atoms with Crippen molar-refractivity contribution in [2.75, 3.05) is 5.75 Å². The lowest BCUT2D eigenvalue weighted by atomic mass is 10.1. The molecule has 0 saturated carbocycles. The number of ether oxygens (including phenoxy) is 1. The molecule has 1 N–H and O–H groups in total. The third-order valence-electron chi connectivity index (χ3n) is 4.47. The van der Waals surface area contributed by atoms with Gasteiger partial charge in [-0.2, -0.15) is 11.8 Å². The zero-order valence-corrected chi connectivity index (χ0v) is 17.6. The van der Waals surface area contributed by atoms with Crippen LogP contribution in [0, 0.1) is 0 Å². The maximum atomic E-state index is 13.1. The summed E-state index contributed by atoms with van der Waals surface area (Å²) < 4.78 is 7.61. The van der Waals surface area contributed by atoms with E-state index in [9.17, 15) is 4.79 Å². The van der Waals surface area contributed by atoms with E-state index in [0.29, 0.717) is 12.4 Å². The second-order valence-corrected chi connectivity index (χ2v) is 9.12. The monoisotopic (exact) mass is 413 g/mol. The Bertz CT molecular complexity index is 947. The van der Waals surface area contributed by atoms with E-state index in [1.807, 2.05) is 66.8 Å². The molecule has 1 aliphatic heterocycles. The van der Waals surface area contributed by atoms with Crippen LogP contribution in [0.1, 0.15) is 40.2 Å². The van der Waals surface area contributed by atoms with Gasteiger partial charge in [-0.25, -0.2) is 4.98 Å². The number of rotatable bonds is 6. The van der Waals surface area contributed by atoms with Gasteiger partial charge >= 0.3 is 0 Å². The number of nitrogens with zero attached hydrogens (tertiary/aromatic N) is 2. The summed E-state index contributed by atoms with van der Waals surface area (Å²) in [6, 6.07) is 7.76. The van der Waals surface area contributed by atoms with Gasteiger partial charge in [0.2, 0.25) is 5.88 Å². The fraction of sp³-hybridized carbons (Fsp3) is 0.333. The molecule has 0 atom stereocenters. The number of carbonyl (C=O) groups is 1. The van der Waals surface area contributed by atoms with Gasteiger partial charge in [0.1, 0.15) is 5.00 Å². The zero-order valence-electron chi connectivity index (χ0n) is 16.0. The van der Waals surface area contributed by atoms with Crippen molar-refractivity contribution >= 4 is 29.0 Å². The van der Waals surface area contributed by atoms with Crippen LogP contribution in [0.5, 0.6) is 5.88 Å². The van der Waals surface area contributed by atoms with Crippen LogP contribution in [0.25, 0.3) is 5.00 Å². The lowest BCUT2D eigenvalue weighted by Gasteiger charge is -2.13. The number of thiophene rings is 1. The minimum Gasteiger partial charge on any atom is -0.475 e. The highest BCUT2D eigenvalue weighted by molar-refractivity contribution is 7.98. The molecule has 0 spiro atoms. The molecule has 0 radical (unpaired) electrons. The first-order chi connectivity index (χ1) is 13.6. The largest absolute Gasteiger partial charge is 0.475 e. The summed E-state index contributed by atoms with van der Waals surface area (Å²) in [5.41, 5.74) is 2.99. The Hall–Kier alpha value is -2.25. The minimum atomic E-state index is -0.0180. The first-order valence-electron chi connectivity index (χ1n) is 9.37. The maximum absolute atomic E-state index is 13.1. The number of aromatic nitrogens is 2. The third-order valence-corrected chi connectivity index (χ3v) is 6.89. The number of thioether (sulfide) groups is 1. The highest BCUT2D eigenvalue weighted by atomic mass is 32.2. The molecule has 5 nitrogen and oxygen atoms in total. The van der Waals surface area contributed by atoms with Crippen molar-refractivity contribution in [2.24, 2.45) is 0 Å². The highest BCUT2D eigenvalue weighted by Gasteiger charge is 2.26. The van der Waals surface area contributed by atoms with Crippen LogP contribution in [0.15, 0.2) is 42.9 Å². The summed E-state index contributed by atoms with van der Waals surface area (Å²) in [5.74, 6) is 2.64. The van der Waals surface area contributed by atoms with Gasteiger partial charge in [-0.1, -0.05) is 6.07 Å². The van der Waals surface area contributed by atoms with E-state index in [4.69, 9.17) is 4.74 Å². The van der Waals surface area contributed by atoms with Gasteiger partial charge in [0.05, 0.1) is 11.7 Å². The lowest BCUT2D eigenvalue weighted by Crippen LogP contribution is -2.25. The summed E-state index contributed by atoms with van der Waals surface area (Å²) in [4.78, 5) is 18.7. The Kier molecular flexibility index (Phi) is 5.73. The van der Waals surface area contributed by atoms with Crippen molar-refractivity contribution in [3.63, 3.8) is 0 Å². The number of fused-ring (bicyclic) bond motifs is 1. The fourth-order valence-electron chi connectivity index (χ4n) is 3.20. The molecule has 1 aliphatic rings. The second-order valence-electron chi connectivity index (χ2n) is 6.93. The average Bonchev–Trinajstić information content (AvgIpc) is 3.34. The zero-order chi connectivity index (χ0) is 19.5. The molecule has 0 aliphatic carbocycles. The van der Waals surface area contributed by atoms with Crippen LogP contribution < -0.4 is 10.1 Å². The number of hydrogen-bond acceptors (Lipinski definition) is 5. The summed E-state index contributed by atoms with van der Waals surface area (Å²) >= 11 is 3.66. The topological polar surface area (TPSA) is 56.1 Å². The number of pyridine rings is 1. The number of nitrogens with one attached hydrogen (secondary N) is 1. The molecule has 28 heavy (non-hydrogen) atoms. The molecular formula is C21H23N3O2S2. The molecule has 0 saturated heterocycles. The molecule has 4 heterocycles. The van der Waals surface area contributed by atoms with Crippen LogP contribution in [0.4, 0.5) is 0 Å². The van der Waals surface area contributed by atoms with Crippen LogP contribution in [0.2, 0.25) is 0 Å². The van der Waals surface area contributed by atoms with E-state index >= 15 is 0 Å². The standard InChI is InChI=1S/C21H23N3O2S2/c1-14(2)26-18-6-5-15(11-22-18)12-23-20(25)19-16-7-10-27-13-17(16)28-21(19)24-8-3-4-9-24/h3-6,8-9,11,14H,7,10,12-13H2,1-2H3,(H,23,25). The van der Waals surface area contributed by atoms with E-state index in [1.54, 1.807) is 17.5 Å². The SMILES string of the molecule is CC(C)Oc1ccc(CNC(=O)c2c(-n3cccc3)sc3c2CCSC3)cn1. The van der Waals surface area contributed by atoms with Gasteiger partial charge in [0.15, 0.2) is 0 Å². The summed E-state index contributed by atoms with van der Waals surface area (Å²) in [5, 5.41) is 4.09. The van der Waals surface area contributed by atoms with Crippen LogP contribution in [0.3, 0.4) is 0 Å². The summed E-state index contributed by atoms with van der Waals surface area (Å²) in [6.07, 6.45) is 6.79. The van der Waals surface area contributed by atoms with Gasteiger partial charge in [0, 0.05) is 41.8 Å². The average molecular weight is 414 g/mol. The van der Waals surface area contributed by atoms with Crippen LogP contribution >= 0.6 is 23.1 Å². The normalized spacial score (nSPS) is 13.4. The second kappa shape index (κ2) is 8.41. The van der Waals surface area contributed by atoms with Gasteiger partial charge in [0.25, 0.3) is 5.91 Å². The third kappa shape index (κ3) is 4.10. The molecule has 0 fully saturated rings. The first-order valence-corrected chi connectivity index (χ1v) is 11.3. The van der Waals surface area contributed by atoms with Crippen LogP contribution in [-0.2, 0) is 18.7 Å². The quantitative estimate of drug-likeness (QED) is 0.649. The molecule has 3 aromatic rings. The maximum Gasteiger partial charge on any atom is 0.254 e. The first kappa shape index (κ1) is 19.1. The Balaban J connectivity index is 1.52. The molecule has 0 bridgehead atoms. The van der Waals surface area contributed by atoms with E-state index in [2.05, 4.69) is 10.3 Å². The summed E-state index contributed by atoms with van der Waals surface area (Å²) in [6.45, 7) is 4.38. The minimum absolute atomic E-state index is 0.0180. The van der Waals surface area contributed by atoms with Gasteiger partial charge in [-0.15, -0.1) is 11.3 Å². The van der Waals surface area contributed by atoms with Gasteiger partial charge in [-0.3, -0.25) is 4.79 Å². The molecule has 3 aromatic heterocycles. The van der Waals surface area contributed by atoms with Crippen LogP contribution in [-0.4, -0.2) is 27.3 Å². The molecule has 4 rings (SSSR count). The smallest absolute Gasteiger partial charge is 0.254 e. The number of carbonyl (C=O) groups excluding carboxylic acids is 1. The molecule has 0 unspecified atom stereocenters. The van der Waals surface area contributed by atoms with E-state index < -0.39 is 0 Å².